The second-order valence-corrected chi connectivity index (χ2v) is 7.01. The average Bonchev–Trinajstić information content (AvgIpc) is 2.59. The van der Waals surface area contributed by atoms with Crippen LogP contribution in [0.1, 0.15) is 24.4 Å². The highest BCUT2D eigenvalue weighted by Gasteiger charge is 2.38. The van der Waals surface area contributed by atoms with Gasteiger partial charge in [-0.25, -0.2) is 4.39 Å². The molecule has 3 rings (SSSR count). The number of ether oxygens (including phenoxy) is 1. The third-order valence-electron chi connectivity index (χ3n) is 5.17. The summed E-state index contributed by atoms with van der Waals surface area (Å²) in [5.74, 6) is -0.796. The summed E-state index contributed by atoms with van der Waals surface area (Å²) in [6.07, 6.45) is 1.16. The Balaban J connectivity index is 1.62. The van der Waals surface area contributed by atoms with Crippen molar-refractivity contribution in [2.24, 2.45) is 5.73 Å². The van der Waals surface area contributed by atoms with Crippen molar-refractivity contribution < 1.29 is 19.0 Å². The predicted molar refractivity (Wildman–Crippen MR) is 91.4 cm³/mol. The maximum atomic E-state index is 13.1. The number of primary amides is 1. The lowest BCUT2D eigenvalue weighted by molar-refractivity contribution is -0.126. The molecule has 0 saturated carbocycles. The van der Waals surface area contributed by atoms with Gasteiger partial charge in [-0.1, -0.05) is 12.1 Å². The number of nitrogens with zero attached hydrogens (tertiary/aromatic N) is 2. The topological polar surface area (TPSA) is 79.0 Å². The fourth-order valence-electron chi connectivity index (χ4n) is 3.73. The number of piperidine rings is 1. The van der Waals surface area contributed by atoms with E-state index >= 15 is 0 Å². The van der Waals surface area contributed by atoms with Crippen molar-refractivity contribution in [1.29, 1.82) is 0 Å². The number of morpholine rings is 1. The van der Waals surface area contributed by atoms with E-state index in [1.54, 1.807) is 12.1 Å². The first-order valence-corrected chi connectivity index (χ1v) is 8.78. The molecule has 6 nitrogen and oxygen atoms in total. The summed E-state index contributed by atoms with van der Waals surface area (Å²) in [5, 5.41) is 10.9. The van der Waals surface area contributed by atoms with E-state index in [4.69, 9.17) is 10.5 Å². The summed E-state index contributed by atoms with van der Waals surface area (Å²) in [6.45, 7) is 4.86. The van der Waals surface area contributed by atoms with E-state index in [1.165, 1.54) is 12.1 Å². The van der Waals surface area contributed by atoms with E-state index in [0.29, 0.717) is 51.3 Å². The Morgan fingerprint density at radius 3 is 2.36 bits per heavy atom. The van der Waals surface area contributed by atoms with Crippen LogP contribution in [0.15, 0.2) is 24.3 Å². The molecular weight excluding hydrogens is 325 g/mol. The first-order valence-electron chi connectivity index (χ1n) is 8.78. The van der Waals surface area contributed by atoms with Gasteiger partial charge in [0.25, 0.3) is 0 Å². The van der Waals surface area contributed by atoms with Gasteiger partial charge in [0.2, 0.25) is 5.91 Å². The molecule has 2 heterocycles. The summed E-state index contributed by atoms with van der Waals surface area (Å²) in [4.78, 5) is 16.2. The summed E-state index contributed by atoms with van der Waals surface area (Å²) >= 11 is 0. The van der Waals surface area contributed by atoms with Gasteiger partial charge in [-0.3, -0.25) is 14.6 Å². The molecule has 1 aromatic carbocycles. The van der Waals surface area contributed by atoms with Gasteiger partial charge in [0.05, 0.1) is 18.8 Å². The Morgan fingerprint density at radius 1 is 1.20 bits per heavy atom. The van der Waals surface area contributed by atoms with Crippen molar-refractivity contribution in [3.8, 4) is 0 Å². The predicted octanol–water partition coefficient (Wildman–Crippen LogP) is 0.511. The van der Waals surface area contributed by atoms with Crippen molar-refractivity contribution in [3.63, 3.8) is 0 Å². The highest BCUT2D eigenvalue weighted by molar-refractivity contribution is 5.81. The molecule has 0 radical (unpaired) electrons. The van der Waals surface area contributed by atoms with Crippen LogP contribution in [0.2, 0.25) is 0 Å². The second-order valence-electron chi connectivity index (χ2n) is 7.01. The largest absolute Gasteiger partial charge is 0.388 e. The number of halogens is 1. The van der Waals surface area contributed by atoms with Crippen LogP contribution in [0.3, 0.4) is 0 Å². The van der Waals surface area contributed by atoms with E-state index in [1.807, 2.05) is 4.90 Å². The molecular formula is C18H26FN3O3. The van der Waals surface area contributed by atoms with Crippen molar-refractivity contribution in [2.75, 3.05) is 45.9 Å². The lowest BCUT2D eigenvalue weighted by Crippen LogP contribution is -2.54. The zero-order chi connectivity index (χ0) is 17.9. The van der Waals surface area contributed by atoms with Crippen molar-refractivity contribution in [2.45, 2.75) is 24.5 Å². The smallest absolute Gasteiger partial charge is 0.239 e. The zero-order valence-electron chi connectivity index (χ0n) is 14.4. The Hall–Kier alpha value is -1.54. The number of β-amino-alcohol motifs (C(OH)–C–C–N with tert-alkyl or cyclic N) is 1. The number of amides is 1. The molecule has 0 spiro atoms. The molecule has 25 heavy (non-hydrogen) atoms. The summed E-state index contributed by atoms with van der Waals surface area (Å²) < 4.78 is 18.5. The van der Waals surface area contributed by atoms with E-state index in [9.17, 15) is 14.3 Å². The fraction of sp³-hybridized carbons (Fsp3) is 0.611. The minimum absolute atomic E-state index is 0.342. The number of hydrogen-bond donors (Lipinski definition) is 2. The van der Waals surface area contributed by atoms with E-state index in [2.05, 4.69) is 4.90 Å². The molecule has 1 aromatic rings. The van der Waals surface area contributed by atoms with Gasteiger partial charge < -0.3 is 15.6 Å². The monoisotopic (exact) mass is 351 g/mol. The highest BCUT2D eigenvalue weighted by Crippen LogP contribution is 2.30. The first-order chi connectivity index (χ1) is 12.0. The van der Waals surface area contributed by atoms with Gasteiger partial charge in [0.1, 0.15) is 11.9 Å². The number of nitrogens with two attached hydrogens (primary N) is 1. The molecule has 0 aromatic heterocycles. The maximum Gasteiger partial charge on any atom is 0.239 e. The number of carbonyl (C=O) groups is 1. The number of carbonyl (C=O) groups excluding carboxylic acids is 1. The molecule has 0 bridgehead atoms. The third-order valence-corrected chi connectivity index (χ3v) is 5.17. The molecule has 0 aliphatic carbocycles. The SMILES string of the molecule is NC(=O)C(c1ccc(F)cc1)N1CCC(O)(CN2CCOCC2)CC1. The van der Waals surface area contributed by atoms with Crippen LogP contribution in [-0.2, 0) is 9.53 Å². The van der Waals surface area contributed by atoms with Crippen LogP contribution in [-0.4, -0.2) is 72.4 Å². The quantitative estimate of drug-likeness (QED) is 0.808. The first kappa shape index (κ1) is 18.3. The fourth-order valence-corrected chi connectivity index (χ4v) is 3.73. The van der Waals surface area contributed by atoms with Crippen LogP contribution in [0.5, 0.6) is 0 Å². The minimum atomic E-state index is -0.751. The lowest BCUT2D eigenvalue weighted by atomic mass is 9.89. The van der Waals surface area contributed by atoms with Gasteiger partial charge >= 0.3 is 0 Å². The summed E-state index contributed by atoms with van der Waals surface area (Å²) in [5.41, 5.74) is 5.53. The molecule has 1 atom stereocenters. The average molecular weight is 351 g/mol. The molecule has 1 unspecified atom stereocenters. The molecule has 2 saturated heterocycles. The van der Waals surface area contributed by atoms with Crippen LogP contribution < -0.4 is 5.73 Å². The van der Waals surface area contributed by atoms with E-state index in [-0.39, 0.29) is 5.82 Å². The Morgan fingerprint density at radius 2 is 1.80 bits per heavy atom. The van der Waals surface area contributed by atoms with Gasteiger partial charge in [0, 0.05) is 32.7 Å². The minimum Gasteiger partial charge on any atom is -0.388 e. The number of benzene rings is 1. The van der Waals surface area contributed by atoms with Crippen molar-refractivity contribution >= 4 is 5.91 Å². The Bertz CT molecular complexity index is 582. The van der Waals surface area contributed by atoms with Crippen LogP contribution in [0.4, 0.5) is 4.39 Å². The molecule has 2 fully saturated rings. The van der Waals surface area contributed by atoms with Crippen molar-refractivity contribution in [3.05, 3.63) is 35.6 Å². The van der Waals surface area contributed by atoms with Crippen molar-refractivity contribution in [1.82, 2.24) is 9.80 Å². The van der Waals surface area contributed by atoms with Gasteiger partial charge in [-0.2, -0.15) is 0 Å². The number of rotatable bonds is 5. The van der Waals surface area contributed by atoms with Gasteiger partial charge in [-0.15, -0.1) is 0 Å². The number of hydrogen-bond acceptors (Lipinski definition) is 5. The standard InChI is InChI=1S/C18H26FN3O3/c19-15-3-1-14(2-4-15)16(17(20)23)22-7-5-18(24,6-8-22)13-21-9-11-25-12-10-21/h1-4,16,24H,5-13H2,(H2,20,23). The lowest BCUT2D eigenvalue weighted by Gasteiger charge is -2.43. The second kappa shape index (κ2) is 7.78. The van der Waals surface area contributed by atoms with Crippen LogP contribution in [0.25, 0.3) is 0 Å². The molecule has 1 amide bonds. The molecule has 2 aliphatic heterocycles. The van der Waals surface area contributed by atoms with Gasteiger partial charge in [-0.05, 0) is 30.5 Å². The number of likely N-dealkylation sites (tertiary alicyclic amines) is 1. The van der Waals surface area contributed by atoms with Crippen LogP contribution in [0, 0.1) is 5.82 Å². The Kier molecular flexibility index (Phi) is 5.68. The number of aliphatic hydroxyl groups is 1. The Labute approximate surface area is 147 Å². The molecule has 138 valence electrons. The summed E-state index contributed by atoms with van der Waals surface area (Å²) in [6, 6.07) is 5.28. The zero-order valence-corrected chi connectivity index (χ0v) is 14.4. The molecule has 7 heteroatoms. The maximum absolute atomic E-state index is 13.1. The summed E-state index contributed by atoms with van der Waals surface area (Å²) in [7, 11) is 0. The third kappa shape index (κ3) is 4.55. The van der Waals surface area contributed by atoms with Gasteiger partial charge in [0.15, 0.2) is 0 Å². The van der Waals surface area contributed by atoms with E-state index < -0.39 is 17.6 Å². The molecule has 2 aliphatic rings. The highest BCUT2D eigenvalue weighted by atomic mass is 19.1. The molecule has 3 N–H and O–H groups in total. The van der Waals surface area contributed by atoms with E-state index in [0.717, 1.165) is 13.1 Å². The normalized spacial score (nSPS) is 23.3. The van der Waals surface area contributed by atoms with Crippen LogP contribution >= 0.6 is 0 Å².